The summed E-state index contributed by atoms with van der Waals surface area (Å²) in [7, 11) is 0. The molecule has 1 aliphatic rings. The van der Waals surface area contributed by atoms with Gasteiger partial charge in [0.2, 0.25) is 0 Å². The number of hydrogen-bond donors (Lipinski definition) is 1. The Morgan fingerprint density at radius 2 is 1.77 bits per heavy atom. The highest BCUT2D eigenvalue weighted by atomic mass is 19.4. The van der Waals surface area contributed by atoms with Crippen molar-refractivity contribution in [2.24, 2.45) is 5.92 Å². The van der Waals surface area contributed by atoms with Crippen molar-refractivity contribution >= 4 is 11.9 Å². The zero-order chi connectivity index (χ0) is 16.5. The molecule has 0 aliphatic carbocycles. The molecule has 4 nitrogen and oxygen atoms in total. The van der Waals surface area contributed by atoms with Gasteiger partial charge in [-0.2, -0.15) is 13.2 Å². The molecule has 0 aromatic heterocycles. The van der Waals surface area contributed by atoms with Gasteiger partial charge >= 0.3 is 18.1 Å². The summed E-state index contributed by atoms with van der Waals surface area (Å²) in [5.41, 5.74) is -0.244. The highest BCUT2D eigenvalue weighted by Crippen LogP contribution is 2.35. The predicted molar refractivity (Wildman–Crippen MR) is 71.9 cm³/mol. The zero-order valence-electron chi connectivity index (χ0n) is 11.9. The second-order valence-corrected chi connectivity index (χ2v) is 5.58. The molecule has 1 fully saturated rings. The van der Waals surface area contributed by atoms with Gasteiger partial charge in [-0.25, -0.2) is 4.79 Å². The van der Waals surface area contributed by atoms with Crippen LogP contribution in [0.4, 0.5) is 13.2 Å². The Bertz CT molecular complexity index is 568. The van der Waals surface area contributed by atoms with Gasteiger partial charge in [-0.05, 0) is 36.5 Å². The number of aliphatic carboxylic acids is 1. The topological polar surface area (TPSA) is 57.6 Å². The van der Waals surface area contributed by atoms with Crippen LogP contribution in [0.5, 0.6) is 0 Å². The van der Waals surface area contributed by atoms with E-state index in [-0.39, 0.29) is 12.5 Å². The molecule has 7 heteroatoms. The quantitative estimate of drug-likeness (QED) is 0.810. The first-order chi connectivity index (χ1) is 10.2. The van der Waals surface area contributed by atoms with Gasteiger partial charge in [0.1, 0.15) is 0 Å². The summed E-state index contributed by atoms with van der Waals surface area (Å²) >= 11 is 0. The lowest BCUT2D eigenvalue weighted by molar-refractivity contribution is -0.158. The van der Waals surface area contributed by atoms with E-state index in [1.165, 1.54) is 17.0 Å². The summed E-state index contributed by atoms with van der Waals surface area (Å²) in [6.45, 7) is 2.20. The third kappa shape index (κ3) is 3.40. The van der Waals surface area contributed by atoms with E-state index in [9.17, 15) is 22.8 Å². The van der Waals surface area contributed by atoms with E-state index in [0.29, 0.717) is 12.0 Å². The number of hydrogen-bond acceptors (Lipinski definition) is 2. The van der Waals surface area contributed by atoms with Gasteiger partial charge in [-0.1, -0.05) is 19.1 Å². The normalized spacial score (nSPS) is 22.5. The molecule has 2 unspecified atom stereocenters. The number of amides is 1. The van der Waals surface area contributed by atoms with Gasteiger partial charge in [-0.3, -0.25) is 4.79 Å². The zero-order valence-corrected chi connectivity index (χ0v) is 11.9. The number of alkyl halides is 3. The molecular weight excluding hydrogens is 299 g/mol. The fraction of sp³-hybridized carbons (Fsp3) is 0.467. The van der Waals surface area contributed by atoms with Crippen LogP contribution in [0, 0.1) is 5.92 Å². The van der Waals surface area contributed by atoms with Gasteiger partial charge in [0.25, 0.3) is 0 Å². The standard InChI is InChI=1S/C15H16F3NO3/c1-9-2-7-12(19(8-9)13(20)14(21)22)10-3-5-11(6-4-10)15(16,17)18/h3-6,9,12H,2,7-8H2,1H3,(H,21,22). The van der Waals surface area contributed by atoms with Crippen molar-refractivity contribution in [1.29, 1.82) is 0 Å². The average Bonchev–Trinajstić information content (AvgIpc) is 2.45. The smallest absolute Gasteiger partial charge is 0.416 e. The van der Waals surface area contributed by atoms with Gasteiger partial charge in [0.05, 0.1) is 11.6 Å². The van der Waals surface area contributed by atoms with E-state index >= 15 is 0 Å². The SMILES string of the molecule is CC1CCC(c2ccc(C(F)(F)F)cc2)N(C(=O)C(=O)O)C1. The van der Waals surface area contributed by atoms with Crippen molar-refractivity contribution < 1.29 is 27.9 Å². The molecule has 0 bridgehead atoms. The molecule has 1 N–H and O–H groups in total. The Morgan fingerprint density at radius 1 is 1.18 bits per heavy atom. The fourth-order valence-corrected chi connectivity index (χ4v) is 2.74. The van der Waals surface area contributed by atoms with Crippen LogP contribution in [0.15, 0.2) is 24.3 Å². The van der Waals surface area contributed by atoms with Crippen LogP contribution < -0.4 is 0 Å². The second kappa shape index (κ2) is 5.98. The van der Waals surface area contributed by atoms with E-state index in [1.54, 1.807) is 0 Å². The lowest BCUT2D eigenvalue weighted by atomic mass is 9.89. The van der Waals surface area contributed by atoms with Crippen LogP contribution in [0.3, 0.4) is 0 Å². The molecule has 0 radical (unpaired) electrons. The largest absolute Gasteiger partial charge is 0.474 e. The number of carbonyl (C=O) groups excluding carboxylic acids is 1. The van der Waals surface area contributed by atoms with Crippen molar-refractivity contribution in [3.05, 3.63) is 35.4 Å². The maximum Gasteiger partial charge on any atom is 0.416 e. The number of piperidine rings is 1. The fourth-order valence-electron chi connectivity index (χ4n) is 2.74. The van der Waals surface area contributed by atoms with E-state index in [1.807, 2.05) is 6.92 Å². The van der Waals surface area contributed by atoms with Crippen LogP contribution in [0.2, 0.25) is 0 Å². The van der Waals surface area contributed by atoms with Gasteiger partial charge in [0, 0.05) is 6.54 Å². The molecular formula is C15H16F3NO3. The molecule has 1 aromatic rings. The Labute approximate surface area is 125 Å². The third-order valence-corrected chi connectivity index (χ3v) is 3.88. The molecule has 0 saturated carbocycles. The molecule has 1 aliphatic heterocycles. The molecule has 1 aromatic carbocycles. The van der Waals surface area contributed by atoms with E-state index < -0.39 is 29.7 Å². The number of benzene rings is 1. The predicted octanol–water partition coefficient (Wildman–Crippen LogP) is 3.09. The van der Waals surface area contributed by atoms with E-state index in [4.69, 9.17) is 5.11 Å². The Hall–Kier alpha value is -2.05. The van der Waals surface area contributed by atoms with E-state index in [2.05, 4.69) is 0 Å². The third-order valence-electron chi connectivity index (χ3n) is 3.88. The maximum atomic E-state index is 12.6. The Morgan fingerprint density at radius 3 is 2.27 bits per heavy atom. The van der Waals surface area contributed by atoms with Crippen LogP contribution in [-0.2, 0) is 15.8 Å². The molecule has 1 heterocycles. The highest BCUT2D eigenvalue weighted by Gasteiger charge is 2.35. The van der Waals surface area contributed by atoms with Gasteiger partial charge in [0.15, 0.2) is 0 Å². The van der Waals surface area contributed by atoms with Crippen LogP contribution in [-0.4, -0.2) is 28.4 Å². The average molecular weight is 315 g/mol. The number of carboxylic acid groups (broad SMARTS) is 1. The summed E-state index contributed by atoms with van der Waals surface area (Å²) in [6, 6.07) is 4.03. The molecule has 0 spiro atoms. The lowest BCUT2D eigenvalue weighted by Crippen LogP contribution is -2.44. The summed E-state index contributed by atoms with van der Waals surface area (Å²) < 4.78 is 37.7. The van der Waals surface area contributed by atoms with E-state index in [0.717, 1.165) is 18.6 Å². The minimum Gasteiger partial charge on any atom is -0.474 e. The maximum absolute atomic E-state index is 12.6. The minimum absolute atomic E-state index is 0.161. The van der Waals surface area contributed by atoms with Crippen molar-refractivity contribution in [2.45, 2.75) is 32.0 Å². The number of halogens is 3. The first kappa shape index (κ1) is 16.3. The van der Waals surface area contributed by atoms with Crippen molar-refractivity contribution in [1.82, 2.24) is 4.90 Å². The number of carboxylic acids is 1. The summed E-state index contributed by atoms with van der Waals surface area (Å²) in [5, 5.41) is 8.90. The summed E-state index contributed by atoms with van der Waals surface area (Å²) in [4.78, 5) is 24.0. The first-order valence-corrected chi connectivity index (χ1v) is 6.91. The van der Waals surface area contributed by atoms with Crippen molar-refractivity contribution in [3.63, 3.8) is 0 Å². The molecule has 120 valence electrons. The molecule has 1 saturated heterocycles. The molecule has 2 atom stereocenters. The Kier molecular flexibility index (Phi) is 4.44. The first-order valence-electron chi connectivity index (χ1n) is 6.91. The number of carbonyl (C=O) groups is 2. The minimum atomic E-state index is -4.42. The lowest BCUT2D eigenvalue weighted by Gasteiger charge is -2.38. The number of nitrogens with zero attached hydrogens (tertiary/aromatic N) is 1. The van der Waals surface area contributed by atoms with Crippen molar-refractivity contribution in [2.75, 3.05) is 6.54 Å². The van der Waals surface area contributed by atoms with Gasteiger partial charge in [-0.15, -0.1) is 0 Å². The summed E-state index contributed by atoms with van der Waals surface area (Å²) in [6.07, 6.45) is -3.10. The second-order valence-electron chi connectivity index (χ2n) is 5.58. The van der Waals surface area contributed by atoms with Crippen LogP contribution in [0.1, 0.15) is 36.9 Å². The van der Waals surface area contributed by atoms with Gasteiger partial charge < -0.3 is 10.0 Å². The Balaban J connectivity index is 2.28. The molecule has 22 heavy (non-hydrogen) atoms. The molecule has 1 amide bonds. The summed E-state index contributed by atoms with van der Waals surface area (Å²) in [5.74, 6) is -2.41. The number of rotatable bonds is 1. The highest BCUT2D eigenvalue weighted by molar-refractivity contribution is 6.31. The van der Waals surface area contributed by atoms with Crippen LogP contribution >= 0.6 is 0 Å². The monoisotopic (exact) mass is 315 g/mol. The van der Waals surface area contributed by atoms with Crippen LogP contribution in [0.25, 0.3) is 0 Å². The van der Waals surface area contributed by atoms with Crippen molar-refractivity contribution in [3.8, 4) is 0 Å². The number of likely N-dealkylation sites (tertiary alicyclic amines) is 1. The molecule has 2 rings (SSSR count).